The van der Waals surface area contributed by atoms with Crippen molar-refractivity contribution in [3.63, 3.8) is 0 Å². The Morgan fingerprint density at radius 1 is 1.35 bits per heavy atom. The van der Waals surface area contributed by atoms with Crippen molar-refractivity contribution in [2.24, 2.45) is 17.0 Å². The standard InChI is InChI=1S/C26H30FN7O5S/c1-4-23(35)33(3)19-7-5-6-17(10-19)13-34-9-8-21(32-34)25(36)20-12-29-15-30-26(20)31-22-11-18(16(2)24(22)27)14-39-40(28,37)38/h4-10,12,15-16,18,22,24H,1,11,13-14H2,2-3H3,(H2,28,37,38)(H,29,30,31)/t16-,18-,22-,24+/m1/s1. The van der Waals surface area contributed by atoms with Gasteiger partial charge in [0, 0.05) is 25.1 Å². The molecule has 14 heteroatoms. The van der Waals surface area contributed by atoms with E-state index in [0.29, 0.717) is 12.2 Å². The lowest BCUT2D eigenvalue weighted by molar-refractivity contribution is -0.113. The van der Waals surface area contributed by atoms with E-state index in [9.17, 15) is 18.0 Å². The van der Waals surface area contributed by atoms with Gasteiger partial charge in [0.1, 0.15) is 24.0 Å². The zero-order valence-electron chi connectivity index (χ0n) is 22.0. The molecule has 4 atom stereocenters. The highest BCUT2D eigenvalue weighted by molar-refractivity contribution is 7.84. The van der Waals surface area contributed by atoms with E-state index in [2.05, 4.69) is 31.1 Å². The van der Waals surface area contributed by atoms with E-state index < -0.39 is 40.1 Å². The Kier molecular flexibility index (Phi) is 8.71. The molecule has 0 bridgehead atoms. The van der Waals surface area contributed by atoms with Crippen LogP contribution < -0.4 is 15.4 Å². The number of benzene rings is 1. The molecule has 2 aromatic heterocycles. The number of nitrogens with two attached hydrogens (primary N) is 1. The highest BCUT2D eigenvalue weighted by atomic mass is 32.2. The van der Waals surface area contributed by atoms with Gasteiger partial charge < -0.3 is 10.2 Å². The summed E-state index contributed by atoms with van der Waals surface area (Å²) in [7, 11) is -2.49. The second-order valence-electron chi connectivity index (χ2n) is 9.61. The molecule has 1 aromatic carbocycles. The van der Waals surface area contributed by atoms with Crippen LogP contribution in [0.1, 0.15) is 35.0 Å². The van der Waals surface area contributed by atoms with Gasteiger partial charge >= 0.3 is 10.3 Å². The summed E-state index contributed by atoms with van der Waals surface area (Å²) in [5.41, 5.74) is 1.81. The lowest BCUT2D eigenvalue weighted by atomic mass is 9.99. The summed E-state index contributed by atoms with van der Waals surface area (Å²) in [6.07, 6.45) is 4.36. The molecule has 3 aromatic rings. The zero-order valence-corrected chi connectivity index (χ0v) is 22.8. The van der Waals surface area contributed by atoms with E-state index in [0.717, 1.165) is 5.56 Å². The molecule has 0 unspecified atom stereocenters. The van der Waals surface area contributed by atoms with Crippen molar-refractivity contribution >= 4 is 33.5 Å². The number of carbonyl (C=O) groups is 2. The van der Waals surface area contributed by atoms with Crippen molar-refractivity contribution in [1.82, 2.24) is 19.7 Å². The minimum absolute atomic E-state index is 0.114. The third kappa shape index (κ3) is 6.76. The number of rotatable bonds is 11. The highest BCUT2D eigenvalue weighted by Gasteiger charge is 2.42. The first-order valence-corrected chi connectivity index (χ1v) is 13.9. The summed E-state index contributed by atoms with van der Waals surface area (Å²) < 4.78 is 43.6. The van der Waals surface area contributed by atoms with Gasteiger partial charge in [-0.25, -0.2) is 19.5 Å². The van der Waals surface area contributed by atoms with Gasteiger partial charge in [0.15, 0.2) is 0 Å². The number of amides is 1. The van der Waals surface area contributed by atoms with Crippen molar-refractivity contribution in [3.05, 3.63) is 78.5 Å². The number of halogens is 1. The molecule has 0 radical (unpaired) electrons. The maximum atomic E-state index is 15.1. The molecule has 0 spiro atoms. The van der Waals surface area contributed by atoms with Crippen LogP contribution >= 0.6 is 0 Å². The van der Waals surface area contributed by atoms with Gasteiger partial charge in [-0.15, -0.1) is 0 Å². The van der Waals surface area contributed by atoms with Crippen LogP contribution in [0.25, 0.3) is 0 Å². The molecule has 40 heavy (non-hydrogen) atoms. The first-order valence-electron chi connectivity index (χ1n) is 12.4. The molecule has 1 saturated carbocycles. The first-order chi connectivity index (χ1) is 19.0. The van der Waals surface area contributed by atoms with Crippen LogP contribution in [-0.2, 0) is 25.8 Å². The van der Waals surface area contributed by atoms with Gasteiger partial charge in [-0.1, -0.05) is 25.6 Å². The van der Waals surface area contributed by atoms with Gasteiger partial charge in [-0.3, -0.25) is 18.5 Å². The number of likely N-dealkylation sites (N-methyl/N-ethyl adjacent to an activating group) is 1. The van der Waals surface area contributed by atoms with Crippen LogP contribution in [0.3, 0.4) is 0 Å². The fraction of sp³-hybridized carbons (Fsp3) is 0.346. The van der Waals surface area contributed by atoms with Crippen LogP contribution in [0.15, 0.2) is 61.7 Å². The van der Waals surface area contributed by atoms with Gasteiger partial charge in [-0.2, -0.15) is 13.5 Å². The quantitative estimate of drug-likeness (QED) is 0.259. The third-order valence-corrected chi connectivity index (χ3v) is 7.40. The third-order valence-electron chi connectivity index (χ3n) is 6.93. The molecular weight excluding hydrogens is 541 g/mol. The summed E-state index contributed by atoms with van der Waals surface area (Å²) in [6, 6.07) is 8.17. The molecule has 3 N–H and O–H groups in total. The molecule has 1 aliphatic carbocycles. The number of aromatic nitrogens is 4. The average molecular weight is 572 g/mol. The van der Waals surface area contributed by atoms with Crippen molar-refractivity contribution < 1.29 is 26.6 Å². The largest absolute Gasteiger partial charge is 0.364 e. The Bertz CT molecular complexity index is 1510. The van der Waals surface area contributed by atoms with Gasteiger partial charge in [0.05, 0.1) is 24.8 Å². The summed E-state index contributed by atoms with van der Waals surface area (Å²) in [5.74, 6) is -1.47. The molecule has 1 fully saturated rings. The van der Waals surface area contributed by atoms with Crippen molar-refractivity contribution in [3.8, 4) is 0 Å². The monoisotopic (exact) mass is 571 g/mol. The highest BCUT2D eigenvalue weighted by Crippen LogP contribution is 2.36. The first kappa shape index (κ1) is 29.0. The molecule has 2 heterocycles. The number of alkyl halides is 1. The van der Waals surface area contributed by atoms with Crippen LogP contribution in [0.4, 0.5) is 15.9 Å². The molecule has 0 aliphatic heterocycles. The molecule has 0 saturated heterocycles. The number of anilines is 2. The maximum Gasteiger partial charge on any atom is 0.333 e. The van der Waals surface area contributed by atoms with Gasteiger partial charge in [0.25, 0.3) is 0 Å². The van der Waals surface area contributed by atoms with Crippen LogP contribution in [0, 0.1) is 11.8 Å². The average Bonchev–Trinajstić information content (AvgIpc) is 3.50. The Morgan fingerprint density at radius 3 is 2.85 bits per heavy atom. The summed E-state index contributed by atoms with van der Waals surface area (Å²) >= 11 is 0. The van der Waals surface area contributed by atoms with Crippen LogP contribution in [0.2, 0.25) is 0 Å². The van der Waals surface area contributed by atoms with E-state index in [1.54, 1.807) is 37.0 Å². The smallest absolute Gasteiger partial charge is 0.333 e. The van der Waals surface area contributed by atoms with Crippen LogP contribution in [-0.4, -0.2) is 65.7 Å². The number of hydrogen-bond acceptors (Lipinski definition) is 9. The number of carbonyl (C=O) groups excluding carboxylic acids is 2. The molecule has 4 rings (SSSR count). The number of ketones is 1. The summed E-state index contributed by atoms with van der Waals surface area (Å²) in [6.45, 7) is 5.27. The van der Waals surface area contributed by atoms with Crippen molar-refractivity contribution in [2.75, 3.05) is 23.9 Å². The number of nitrogens with zero attached hydrogens (tertiary/aromatic N) is 5. The van der Waals surface area contributed by atoms with Gasteiger partial charge in [-0.05, 0) is 48.1 Å². The predicted molar refractivity (Wildman–Crippen MR) is 145 cm³/mol. The minimum Gasteiger partial charge on any atom is -0.364 e. The Labute approximate surface area is 231 Å². The Balaban J connectivity index is 1.47. The lowest BCUT2D eigenvalue weighted by Crippen LogP contribution is -2.29. The Morgan fingerprint density at radius 2 is 2.12 bits per heavy atom. The Hall–Kier alpha value is -4.01. The normalized spacial score (nSPS) is 20.7. The van der Waals surface area contributed by atoms with Crippen LogP contribution in [0.5, 0.6) is 0 Å². The lowest BCUT2D eigenvalue weighted by Gasteiger charge is -2.18. The zero-order chi connectivity index (χ0) is 29.0. The fourth-order valence-corrected chi connectivity index (χ4v) is 5.01. The molecule has 212 valence electrons. The predicted octanol–water partition coefficient (Wildman–Crippen LogP) is 2.10. The summed E-state index contributed by atoms with van der Waals surface area (Å²) in [4.78, 5) is 34.8. The molecule has 12 nitrogen and oxygen atoms in total. The second-order valence-corrected chi connectivity index (χ2v) is 10.8. The summed E-state index contributed by atoms with van der Waals surface area (Å²) in [5, 5.41) is 12.3. The fourth-order valence-electron chi connectivity index (χ4n) is 4.65. The van der Waals surface area contributed by atoms with E-state index >= 15 is 4.39 Å². The molecule has 1 aliphatic rings. The van der Waals surface area contributed by atoms with E-state index in [1.165, 1.54) is 23.5 Å². The molecule has 1 amide bonds. The number of nitrogens with one attached hydrogen (secondary N) is 1. The maximum absolute atomic E-state index is 15.1. The van der Waals surface area contributed by atoms with Crippen molar-refractivity contribution in [1.29, 1.82) is 0 Å². The van der Waals surface area contributed by atoms with Gasteiger partial charge in [0.2, 0.25) is 11.7 Å². The SMILES string of the molecule is C=CC(=O)N(C)c1cccc(Cn2ccc(C(=O)c3cncnc3N[C@@H]3C[C@H](COS(N)(=O)=O)[C@@H](C)[C@@H]3F)n2)c1. The topological polar surface area (TPSA) is 162 Å². The number of hydrogen-bond donors (Lipinski definition) is 2. The second kappa shape index (κ2) is 12.0. The van der Waals surface area contributed by atoms with E-state index in [4.69, 9.17) is 5.14 Å². The minimum atomic E-state index is -4.14. The molecular formula is C26H30FN7O5S. The van der Waals surface area contributed by atoms with Crippen molar-refractivity contribution in [2.45, 2.75) is 32.1 Å². The van der Waals surface area contributed by atoms with E-state index in [-0.39, 0.29) is 36.0 Å². The van der Waals surface area contributed by atoms with E-state index in [1.807, 2.05) is 18.2 Å².